The highest BCUT2D eigenvalue weighted by Crippen LogP contribution is 2.48. The molecule has 0 N–H and O–H groups in total. The molecular formula is C18H30O3. The van der Waals surface area contributed by atoms with Crippen molar-refractivity contribution < 1.29 is 14.3 Å². The molecule has 0 radical (unpaired) electrons. The number of methoxy groups -OCH3 is 2. The fraction of sp³-hybridized carbons (Fsp3) is 0.944. The SMILES string of the molecule is COC1(OC)CCC(C2CCC3CC(=O)CCC3C2)CC1. The number of ketones is 1. The second-order valence-electron chi connectivity index (χ2n) is 7.53. The van der Waals surface area contributed by atoms with Gasteiger partial charge in [0.05, 0.1) is 0 Å². The molecule has 120 valence electrons. The molecule has 0 amide bonds. The van der Waals surface area contributed by atoms with E-state index in [1.54, 1.807) is 14.2 Å². The summed E-state index contributed by atoms with van der Waals surface area (Å²) < 4.78 is 11.2. The largest absolute Gasteiger partial charge is 0.353 e. The topological polar surface area (TPSA) is 35.5 Å². The lowest BCUT2D eigenvalue weighted by atomic mass is 9.62. The second kappa shape index (κ2) is 6.37. The third-order valence-corrected chi connectivity index (χ3v) is 6.67. The van der Waals surface area contributed by atoms with Crippen LogP contribution in [0.2, 0.25) is 0 Å². The summed E-state index contributed by atoms with van der Waals surface area (Å²) in [6.07, 6.45) is 11.4. The summed E-state index contributed by atoms with van der Waals surface area (Å²) in [4.78, 5) is 11.6. The molecule has 0 aliphatic heterocycles. The van der Waals surface area contributed by atoms with Crippen molar-refractivity contribution in [3.63, 3.8) is 0 Å². The molecule has 0 aromatic carbocycles. The molecular weight excluding hydrogens is 264 g/mol. The molecule has 3 rings (SSSR count). The second-order valence-corrected chi connectivity index (χ2v) is 7.53. The number of carbonyl (C=O) groups excluding carboxylic acids is 1. The third-order valence-electron chi connectivity index (χ3n) is 6.67. The predicted octanol–water partition coefficient (Wildman–Crippen LogP) is 3.95. The van der Waals surface area contributed by atoms with Crippen LogP contribution in [0.3, 0.4) is 0 Å². The highest BCUT2D eigenvalue weighted by atomic mass is 16.7. The highest BCUT2D eigenvalue weighted by molar-refractivity contribution is 5.79. The van der Waals surface area contributed by atoms with Crippen LogP contribution >= 0.6 is 0 Å². The summed E-state index contributed by atoms with van der Waals surface area (Å²) in [7, 11) is 3.54. The number of carbonyl (C=O) groups is 1. The van der Waals surface area contributed by atoms with Crippen LogP contribution in [-0.4, -0.2) is 25.8 Å². The van der Waals surface area contributed by atoms with Crippen molar-refractivity contribution in [3.8, 4) is 0 Å². The number of fused-ring (bicyclic) bond motifs is 1. The van der Waals surface area contributed by atoms with E-state index in [1.807, 2.05) is 0 Å². The smallest absolute Gasteiger partial charge is 0.167 e. The van der Waals surface area contributed by atoms with Gasteiger partial charge in [-0.15, -0.1) is 0 Å². The van der Waals surface area contributed by atoms with Crippen LogP contribution in [0.1, 0.15) is 64.2 Å². The van der Waals surface area contributed by atoms with E-state index in [1.165, 1.54) is 32.1 Å². The van der Waals surface area contributed by atoms with Gasteiger partial charge in [0, 0.05) is 39.9 Å². The normalized spacial score (nSPS) is 37.2. The Hall–Kier alpha value is -0.410. The van der Waals surface area contributed by atoms with E-state index in [2.05, 4.69) is 0 Å². The number of hydrogen-bond acceptors (Lipinski definition) is 3. The lowest BCUT2D eigenvalue weighted by Crippen LogP contribution is -2.41. The first kappa shape index (κ1) is 15.5. The molecule has 0 heterocycles. The zero-order chi connectivity index (χ0) is 14.9. The maximum Gasteiger partial charge on any atom is 0.167 e. The van der Waals surface area contributed by atoms with Gasteiger partial charge in [0.25, 0.3) is 0 Å². The summed E-state index contributed by atoms with van der Waals surface area (Å²) in [5.74, 6) is 3.47. The summed E-state index contributed by atoms with van der Waals surface area (Å²) in [5.41, 5.74) is 0. The maximum absolute atomic E-state index is 11.6. The summed E-state index contributed by atoms with van der Waals surface area (Å²) >= 11 is 0. The van der Waals surface area contributed by atoms with Crippen LogP contribution in [0, 0.1) is 23.7 Å². The van der Waals surface area contributed by atoms with E-state index in [-0.39, 0.29) is 5.79 Å². The number of rotatable bonds is 3. The lowest BCUT2D eigenvalue weighted by molar-refractivity contribution is -0.229. The minimum absolute atomic E-state index is 0.315. The van der Waals surface area contributed by atoms with E-state index in [0.29, 0.717) is 11.7 Å². The van der Waals surface area contributed by atoms with E-state index in [9.17, 15) is 4.79 Å². The Morgan fingerprint density at radius 3 is 2.14 bits per heavy atom. The molecule has 3 fully saturated rings. The Labute approximate surface area is 128 Å². The number of hydrogen-bond donors (Lipinski definition) is 0. The highest BCUT2D eigenvalue weighted by Gasteiger charge is 2.41. The van der Waals surface area contributed by atoms with Crippen LogP contribution in [0.5, 0.6) is 0 Å². The van der Waals surface area contributed by atoms with Crippen molar-refractivity contribution in [2.24, 2.45) is 23.7 Å². The third kappa shape index (κ3) is 3.19. The molecule has 3 heteroatoms. The molecule has 0 saturated heterocycles. The minimum Gasteiger partial charge on any atom is -0.353 e. The summed E-state index contributed by atoms with van der Waals surface area (Å²) in [6, 6.07) is 0. The monoisotopic (exact) mass is 294 g/mol. The van der Waals surface area contributed by atoms with E-state index < -0.39 is 0 Å². The van der Waals surface area contributed by atoms with Gasteiger partial charge >= 0.3 is 0 Å². The van der Waals surface area contributed by atoms with Crippen molar-refractivity contribution in [1.29, 1.82) is 0 Å². The van der Waals surface area contributed by atoms with E-state index in [4.69, 9.17) is 9.47 Å². The van der Waals surface area contributed by atoms with Crippen molar-refractivity contribution >= 4 is 5.78 Å². The first-order chi connectivity index (χ1) is 10.2. The minimum atomic E-state index is -0.315. The molecule has 3 unspecified atom stereocenters. The Morgan fingerprint density at radius 2 is 1.48 bits per heavy atom. The van der Waals surface area contributed by atoms with Gasteiger partial charge in [-0.05, 0) is 62.2 Å². The van der Waals surface area contributed by atoms with Crippen molar-refractivity contribution in [2.45, 2.75) is 70.0 Å². The van der Waals surface area contributed by atoms with Gasteiger partial charge in [-0.1, -0.05) is 0 Å². The lowest BCUT2D eigenvalue weighted by Gasteiger charge is -2.45. The Bertz CT molecular complexity index is 365. The summed E-state index contributed by atoms with van der Waals surface area (Å²) in [6.45, 7) is 0. The van der Waals surface area contributed by atoms with Crippen LogP contribution in [0.25, 0.3) is 0 Å². The predicted molar refractivity (Wildman–Crippen MR) is 81.9 cm³/mol. The number of ether oxygens (including phenoxy) is 2. The van der Waals surface area contributed by atoms with Gasteiger partial charge in [-0.2, -0.15) is 0 Å². The molecule has 21 heavy (non-hydrogen) atoms. The van der Waals surface area contributed by atoms with Gasteiger partial charge in [0.1, 0.15) is 5.78 Å². The quantitative estimate of drug-likeness (QED) is 0.739. The molecule has 3 atom stereocenters. The molecule has 0 spiro atoms. The van der Waals surface area contributed by atoms with Gasteiger partial charge < -0.3 is 9.47 Å². The standard InChI is InChI=1S/C18H30O3/c1-20-18(21-2)9-7-13(8-10-18)14-3-4-16-12-17(19)6-5-15(16)11-14/h13-16H,3-12H2,1-2H3. The van der Waals surface area contributed by atoms with Crippen molar-refractivity contribution in [2.75, 3.05) is 14.2 Å². The molecule has 0 bridgehead atoms. The maximum atomic E-state index is 11.6. The molecule has 0 aromatic rings. The molecule has 0 aromatic heterocycles. The van der Waals surface area contributed by atoms with Gasteiger partial charge in [0.15, 0.2) is 5.79 Å². The van der Waals surface area contributed by atoms with E-state index in [0.717, 1.165) is 49.9 Å². The van der Waals surface area contributed by atoms with Crippen LogP contribution in [0.4, 0.5) is 0 Å². The summed E-state index contributed by atoms with van der Waals surface area (Å²) in [5, 5.41) is 0. The average Bonchev–Trinajstić information content (AvgIpc) is 2.54. The van der Waals surface area contributed by atoms with Crippen molar-refractivity contribution in [3.05, 3.63) is 0 Å². The molecule has 3 nitrogen and oxygen atoms in total. The van der Waals surface area contributed by atoms with Gasteiger partial charge in [0.2, 0.25) is 0 Å². The van der Waals surface area contributed by atoms with Crippen LogP contribution in [0.15, 0.2) is 0 Å². The number of Topliss-reactive ketones (excluding diaryl/α,β-unsaturated/α-hetero) is 1. The van der Waals surface area contributed by atoms with Crippen LogP contribution < -0.4 is 0 Å². The van der Waals surface area contributed by atoms with Gasteiger partial charge in [-0.25, -0.2) is 0 Å². The Kier molecular flexibility index (Phi) is 4.70. The Balaban J connectivity index is 1.54. The van der Waals surface area contributed by atoms with Crippen LogP contribution in [-0.2, 0) is 14.3 Å². The van der Waals surface area contributed by atoms with E-state index >= 15 is 0 Å². The zero-order valence-corrected chi connectivity index (χ0v) is 13.6. The molecule has 3 aliphatic carbocycles. The Morgan fingerprint density at radius 1 is 0.857 bits per heavy atom. The zero-order valence-electron chi connectivity index (χ0n) is 13.6. The fourth-order valence-corrected chi connectivity index (χ4v) is 5.20. The first-order valence-corrected chi connectivity index (χ1v) is 8.78. The molecule has 3 aliphatic rings. The molecule has 3 saturated carbocycles. The van der Waals surface area contributed by atoms with Gasteiger partial charge in [-0.3, -0.25) is 4.79 Å². The first-order valence-electron chi connectivity index (χ1n) is 8.78. The fourth-order valence-electron chi connectivity index (χ4n) is 5.20. The van der Waals surface area contributed by atoms with Crippen molar-refractivity contribution in [1.82, 2.24) is 0 Å². The average molecular weight is 294 g/mol.